The fourth-order valence-corrected chi connectivity index (χ4v) is 3.59. The normalized spacial score (nSPS) is 13.9. The van der Waals surface area contributed by atoms with Crippen molar-refractivity contribution in [2.24, 2.45) is 0 Å². The Morgan fingerprint density at radius 2 is 1.96 bits per heavy atom. The predicted molar refractivity (Wildman–Crippen MR) is 102 cm³/mol. The van der Waals surface area contributed by atoms with Crippen molar-refractivity contribution in [2.45, 2.75) is 25.9 Å². The molecular weight excluding hydrogens is 414 g/mol. The van der Waals surface area contributed by atoms with Gasteiger partial charge in [0.15, 0.2) is 0 Å². The van der Waals surface area contributed by atoms with Crippen LogP contribution in [0.1, 0.15) is 12.8 Å². The molecule has 0 spiro atoms. The minimum atomic E-state index is -1.20. The Hall–Kier alpha value is -2.45. The monoisotopic (exact) mass is 430 g/mol. The fourth-order valence-electron chi connectivity index (χ4n) is 3.03. The van der Waals surface area contributed by atoms with Crippen LogP contribution in [0.4, 0.5) is 4.39 Å². The number of hydrogen-bond acceptors (Lipinski definition) is 4. The number of hydrogen-bond donors (Lipinski definition) is 1. The molecule has 150 valence electrons. The molecule has 0 radical (unpaired) electrons. The van der Waals surface area contributed by atoms with Crippen LogP contribution in [-0.2, 0) is 22.6 Å². The lowest BCUT2D eigenvalue weighted by Crippen LogP contribution is -2.27. The van der Waals surface area contributed by atoms with Crippen LogP contribution in [0.25, 0.3) is 11.1 Å². The van der Waals surface area contributed by atoms with Gasteiger partial charge < -0.3 is 14.6 Å². The Labute approximate surface area is 169 Å². The Morgan fingerprint density at radius 1 is 1.29 bits per heavy atom. The lowest BCUT2D eigenvalue weighted by atomic mass is 10.1. The van der Waals surface area contributed by atoms with Crippen molar-refractivity contribution >= 4 is 29.2 Å². The van der Waals surface area contributed by atoms with E-state index in [1.54, 1.807) is 4.68 Å². The van der Waals surface area contributed by atoms with Crippen LogP contribution in [-0.4, -0.2) is 34.2 Å². The van der Waals surface area contributed by atoms with Crippen LogP contribution < -0.4 is 10.3 Å². The van der Waals surface area contributed by atoms with Crippen molar-refractivity contribution in [3.63, 3.8) is 0 Å². The molecule has 1 aromatic carbocycles. The number of ether oxygens (including phenoxy) is 2. The van der Waals surface area contributed by atoms with E-state index in [1.165, 1.54) is 17.9 Å². The lowest BCUT2D eigenvalue weighted by molar-refractivity contribution is -0.131. The smallest absolute Gasteiger partial charge is 0.331 e. The molecule has 3 rings (SSSR count). The Balaban J connectivity index is 2.00. The maximum absolute atomic E-state index is 14.6. The molecule has 0 unspecified atom stereocenters. The van der Waals surface area contributed by atoms with Gasteiger partial charge in [-0.05, 0) is 25.0 Å². The average molecular weight is 431 g/mol. The Morgan fingerprint density at radius 3 is 2.57 bits per heavy atom. The molecule has 1 aromatic heterocycles. The molecule has 0 saturated heterocycles. The minimum absolute atomic E-state index is 0.0341. The van der Waals surface area contributed by atoms with E-state index >= 15 is 0 Å². The van der Waals surface area contributed by atoms with E-state index in [0.717, 1.165) is 25.0 Å². The second-order valence-corrected chi connectivity index (χ2v) is 6.89. The third-order valence-electron chi connectivity index (χ3n) is 4.37. The largest absolute Gasteiger partial charge is 0.497 e. The van der Waals surface area contributed by atoms with Gasteiger partial charge in [-0.25, -0.2) is 13.9 Å². The summed E-state index contributed by atoms with van der Waals surface area (Å²) in [6.45, 7) is 0.838. The highest BCUT2D eigenvalue weighted by molar-refractivity contribution is 6.33. The minimum Gasteiger partial charge on any atom is -0.497 e. The van der Waals surface area contributed by atoms with Gasteiger partial charge in [-0.1, -0.05) is 23.2 Å². The summed E-state index contributed by atoms with van der Waals surface area (Å²) in [7, 11) is 1.29. The molecule has 0 amide bonds. The molecule has 2 aromatic rings. The van der Waals surface area contributed by atoms with Gasteiger partial charge in [-0.2, -0.15) is 0 Å². The van der Waals surface area contributed by atoms with Gasteiger partial charge in [0.25, 0.3) is 5.56 Å². The van der Waals surface area contributed by atoms with Gasteiger partial charge in [0, 0.05) is 18.7 Å². The van der Waals surface area contributed by atoms with E-state index in [9.17, 15) is 14.0 Å². The van der Waals surface area contributed by atoms with E-state index in [-0.39, 0.29) is 45.0 Å². The zero-order valence-corrected chi connectivity index (χ0v) is 16.4. The van der Waals surface area contributed by atoms with Crippen molar-refractivity contribution in [1.82, 2.24) is 9.36 Å². The molecule has 1 N–H and O–H groups in total. The van der Waals surface area contributed by atoms with Crippen LogP contribution in [0.15, 0.2) is 28.8 Å². The lowest BCUT2D eigenvalue weighted by Gasteiger charge is -2.17. The number of nitrogens with zero attached hydrogens (tertiary/aromatic N) is 2. The van der Waals surface area contributed by atoms with E-state index < -0.39 is 11.8 Å². The molecule has 2 heterocycles. The molecular formula is C18H17Cl2FN2O5. The van der Waals surface area contributed by atoms with Gasteiger partial charge in [0.2, 0.25) is 0 Å². The average Bonchev–Trinajstić information content (AvgIpc) is 2.91. The summed E-state index contributed by atoms with van der Waals surface area (Å²) < 4.78 is 28.1. The number of fused-ring (bicyclic) bond motifs is 1. The number of benzene rings is 1. The number of carbonyl (C=O) groups is 1. The molecule has 1 aliphatic rings. The van der Waals surface area contributed by atoms with Crippen molar-refractivity contribution in [1.29, 1.82) is 0 Å². The molecule has 10 heteroatoms. The van der Waals surface area contributed by atoms with E-state index in [2.05, 4.69) is 0 Å². The Bertz CT molecular complexity index is 1010. The highest BCUT2D eigenvalue weighted by Crippen LogP contribution is 2.36. The molecule has 0 saturated carbocycles. The Kier molecular flexibility index (Phi) is 6.00. The summed E-state index contributed by atoms with van der Waals surface area (Å²) in [6.07, 6.45) is 2.55. The van der Waals surface area contributed by atoms with E-state index in [1.807, 2.05) is 0 Å². The van der Waals surface area contributed by atoms with Gasteiger partial charge in [0.05, 0.1) is 23.8 Å². The van der Waals surface area contributed by atoms with Crippen LogP contribution in [0.5, 0.6) is 5.75 Å². The summed E-state index contributed by atoms with van der Waals surface area (Å²) in [5.41, 5.74) is -0.388. The van der Waals surface area contributed by atoms with Gasteiger partial charge in [0.1, 0.15) is 29.1 Å². The molecule has 0 fully saturated rings. The quantitative estimate of drug-likeness (QED) is 0.559. The fraction of sp³-hybridized carbons (Fsp3) is 0.333. The number of aromatic nitrogens is 2. The molecule has 7 nitrogen and oxygen atoms in total. The molecule has 28 heavy (non-hydrogen) atoms. The maximum Gasteiger partial charge on any atom is 0.331 e. The molecule has 1 aliphatic heterocycles. The number of carboxylic acid groups (broad SMARTS) is 1. The second kappa shape index (κ2) is 8.28. The summed E-state index contributed by atoms with van der Waals surface area (Å²) >= 11 is 12.4. The van der Waals surface area contributed by atoms with Gasteiger partial charge in [-0.15, -0.1) is 0 Å². The highest BCUT2D eigenvalue weighted by atomic mass is 35.5. The second-order valence-electron chi connectivity index (χ2n) is 6.13. The molecule has 0 aliphatic carbocycles. The SMILES string of the molecule is CO/C(=C/C(=O)O)COc1cc(-c2c(Cl)n3n(c2=O)CCCC3)c(F)cc1Cl. The standard InChI is InChI=1S/C18H17Cl2FN2O5/c1-27-10(6-15(24)25)9-28-14-7-11(13(21)8-12(14)19)16-17(20)22-4-2-3-5-23(22)18(16)26/h6-8H,2-5,9H2,1H3,(H,24,25)/b10-6+. The van der Waals surface area contributed by atoms with Crippen molar-refractivity contribution in [3.05, 3.63) is 50.3 Å². The van der Waals surface area contributed by atoms with Crippen LogP contribution >= 0.6 is 23.2 Å². The van der Waals surface area contributed by atoms with Gasteiger partial charge >= 0.3 is 5.97 Å². The van der Waals surface area contributed by atoms with Crippen molar-refractivity contribution in [2.75, 3.05) is 13.7 Å². The first-order chi connectivity index (χ1) is 13.3. The number of aliphatic carboxylic acids is 1. The maximum atomic E-state index is 14.6. The van der Waals surface area contributed by atoms with Crippen LogP contribution in [0, 0.1) is 5.82 Å². The summed E-state index contributed by atoms with van der Waals surface area (Å²) in [5, 5.41) is 8.91. The third-order valence-corrected chi connectivity index (χ3v) is 5.05. The van der Waals surface area contributed by atoms with Crippen LogP contribution in [0.3, 0.4) is 0 Å². The zero-order chi connectivity index (χ0) is 20.4. The number of methoxy groups -OCH3 is 1. The summed E-state index contributed by atoms with van der Waals surface area (Å²) in [5.74, 6) is -1.82. The summed E-state index contributed by atoms with van der Waals surface area (Å²) in [4.78, 5) is 23.5. The van der Waals surface area contributed by atoms with E-state index in [4.69, 9.17) is 37.8 Å². The predicted octanol–water partition coefficient (Wildman–Crippen LogP) is 3.55. The highest BCUT2D eigenvalue weighted by Gasteiger charge is 2.25. The number of halogens is 3. The first-order valence-corrected chi connectivity index (χ1v) is 9.18. The number of rotatable bonds is 6. The third kappa shape index (κ3) is 3.88. The zero-order valence-electron chi connectivity index (χ0n) is 14.9. The van der Waals surface area contributed by atoms with E-state index in [0.29, 0.717) is 13.1 Å². The van der Waals surface area contributed by atoms with Crippen molar-refractivity contribution < 1.29 is 23.8 Å². The first-order valence-electron chi connectivity index (χ1n) is 8.42. The summed E-state index contributed by atoms with van der Waals surface area (Å²) in [6, 6.07) is 2.30. The topological polar surface area (TPSA) is 82.7 Å². The molecule has 0 bridgehead atoms. The number of carboxylic acids is 1. The van der Waals surface area contributed by atoms with Gasteiger partial charge in [-0.3, -0.25) is 9.48 Å². The molecule has 0 atom stereocenters. The first kappa shape index (κ1) is 20.3. The van der Waals surface area contributed by atoms with Crippen LogP contribution in [0.2, 0.25) is 10.2 Å². The van der Waals surface area contributed by atoms with Crippen molar-refractivity contribution in [3.8, 4) is 16.9 Å².